The van der Waals surface area contributed by atoms with Crippen LogP contribution in [0.25, 0.3) is 0 Å². The van der Waals surface area contributed by atoms with Gasteiger partial charge < -0.3 is 9.64 Å². The molecule has 0 aromatic heterocycles. The van der Waals surface area contributed by atoms with E-state index >= 15 is 0 Å². The minimum atomic E-state index is -0.0835. The van der Waals surface area contributed by atoms with Gasteiger partial charge in [0.15, 0.2) is 0 Å². The highest BCUT2D eigenvalue weighted by Crippen LogP contribution is 2.07. The van der Waals surface area contributed by atoms with Crippen LogP contribution in [0.5, 0.6) is 0 Å². The molecule has 0 aliphatic rings. The minimum Gasteiger partial charge on any atom is -0.469 e. The highest BCUT2D eigenvalue weighted by Gasteiger charge is 2.18. The van der Waals surface area contributed by atoms with Gasteiger partial charge in [0.2, 0.25) is 0 Å². The first-order valence-corrected chi connectivity index (χ1v) is 5.92. The summed E-state index contributed by atoms with van der Waals surface area (Å²) >= 11 is 0. The van der Waals surface area contributed by atoms with E-state index in [2.05, 4.69) is 18.9 Å². The molecule has 0 aromatic rings. The molecule has 15 heavy (non-hydrogen) atoms. The maximum Gasteiger partial charge on any atom is 0.309 e. The fraction of sp³-hybridized carbons (Fsp3) is 0.917. The van der Waals surface area contributed by atoms with Gasteiger partial charge in [-0.2, -0.15) is 0 Å². The summed E-state index contributed by atoms with van der Waals surface area (Å²) in [6, 6.07) is 0. The Morgan fingerprint density at radius 1 is 1.33 bits per heavy atom. The van der Waals surface area contributed by atoms with Crippen molar-refractivity contribution in [2.75, 3.05) is 27.2 Å². The molecule has 0 fully saturated rings. The van der Waals surface area contributed by atoms with Crippen molar-refractivity contribution in [3.63, 3.8) is 0 Å². The van der Waals surface area contributed by atoms with Crippen LogP contribution in [0.4, 0.5) is 0 Å². The van der Waals surface area contributed by atoms with Crippen LogP contribution in [0, 0.1) is 5.92 Å². The molecular weight excluding hydrogens is 190 g/mol. The summed E-state index contributed by atoms with van der Waals surface area (Å²) in [5.74, 6) is -0.0542. The molecule has 0 aromatic carbocycles. The van der Waals surface area contributed by atoms with Crippen molar-refractivity contribution in [3.05, 3.63) is 0 Å². The average molecular weight is 215 g/mol. The molecule has 3 heteroatoms. The van der Waals surface area contributed by atoms with E-state index in [0.717, 1.165) is 19.5 Å². The molecular formula is C12H25NO2. The third-order valence-electron chi connectivity index (χ3n) is 2.70. The summed E-state index contributed by atoms with van der Waals surface area (Å²) in [6.45, 7) is 6.11. The Bertz CT molecular complexity index is 171. The molecule has 0 saturated heterocycles. The second-order valence-electron chi connectivity index (χ2n) is 4.10. The number of nitrogens with zero attached hydrogens (tertiary/aromatic N) is 1. The topological polar surface area (TPSA) is 29.5 Å². The van der Waals surface area contributed by atoms with Crippen LogP contribution in [0.2, 0.25) is 0 Å². The van der Waals surface area contributed by atoms with Crippen molar-refractivity contribution >= 4 is 5.97 Å². The number of ether oxygens (including phenoxy) is 1. The largest absolute Gasteiger partial charge is 0.469 e. The van der Waals surface area contributed by atoms with E-state index in [1.165, 1.54) is 26.4 Å². The van der Waals surface area contributed by atoms with Gasteiger partial charge >= 0.3 is 5.97 Å². The minimum absolute atomic E-state index is 0.0293. The van der Waals surface area contributed by atoms with E-state index in [1.807, 2.05) is 6.92 Å². The van der Waals surface area contributed by atoms with E-state index < -0.39 is 0 Å². The zero-order valence-electron chi connectivity index (χ0n) is 10.6. The van der Waals surface area contributed by atoms with E-state index in [4.69, 9.17) is 4.74 Å². The van der Waals surface area contributed by atoms with E-state index in [1.54, 1.807) is 0 Å². The molecule has 0 heterocycles. The standard InChI is InChI=1S/C12H25NO2/c1-5-7-8-9-13(3)10-11(6-2)12(14)15-4/h11H,5-10H2,1-4H3/t11-/m1/s1. The zero-order chi connectivity index (χ0) is 11.7. The molecule has 0 aliphatic carbocycles. The summed E-state index contributed by atoms with van der Waals surface area (Å²) in [4.78, 5) is 13.6. The van der Waals surface area contributed by atoms with E-state index in [-0.39, 0.29) is 11.9 Å². The predicted octanol–water partition coefficient (Wildman–Crippen LogP) is 2.31. The number of hydrogen-bond donors (Lipinski definition) is 0. The molecule has 0 radical (unpaired) electrons. The first-order valence-electron chi connectivity index (χ1n) is 5.92. The summed E-state index contributed by atoms with van der Waals surface area (Å²) in [5, 5.41) is 0. The Balaban J connectivity index is 3.80. The normalized spacial score (nSPS) is 12.9. The Morgan fingerprint density at radius 2 is 2.00 bits per heavy atom. The molecule has 90 valence electrons. The number of carbonyl (C=O) groups is 1. The Hall–Kier alpha value is -0.570. The first kappa shape index (κ1) is 14.4. The quantitative estimate of drug-likeness (QED) is 0.459. The second-order valence-corrected chi connectivity index (χ2v) is 4.10. The van der Waals surface area contributed by atoms with Crippen molar-refractivity contribution in [1.29, 1.82) is 0 Å². The van der Waals surface area contributed by atoms with Gasteiger partial charge in [0, 0.05) is 6.54 Å². The van der Waals surface area contributed by atoms with E-state index in [0.29, 0.717) is 0 Å². The SMILES string of the molecule is CCCCCN(C)C[C@@H](CC)C(=O)OC. The van der Waals surface area contributed by atoms with Gasteiger partial charge in [0.1, 0.15) is 0 Å². The third-order valence-corrected chi connectivity index (χ3v) is 2.70. The summed E-state index contributed by atoms with van der Waals surface area (Å²) in [7, 11) is 3.53. The number of rotatable bonds is 8. The maximum atomic E-state index is 11.4. The second kappa shape index (κ2) is 8.72. The summed E-state index contributed by atoms with van der Waals surface area (Å²) in [6.07, 6.45) is 4.57. The molecule has 0 amide bonds. The molecule has 3 nitrogen and oxygen atoms in total. The lowest BCUT2D eigenvalue weighted by Gasteiger charge is -2.21. The van der Waals surface area contributed by atoms with Crippen LogP contribution in [0.15, 0.2) is 0 Å². The molecule has 0 aliphatic heterocycles. The van der Waals surface area contributed by atoms with Gasteiger partial charge in [-0.25, -0.2) is 0 Å². The van der Waals surface area contributed by atoms with Gasteiger partial charge in [0.05, 0.1) is 13.0 Å². The molecule has 0 saturated carbocycles. The van der Waals surface area contributed by atoms with E-state index in [9.17, 15) is 4.79 Å². The predicted molar refractivity (Wildman–Crippen MR) is 62.8 cm³/mol. The molecule has 0 spiro atoms. The average Bonchev–Trinajstić information content (AvgIpc) is 2.25. The highest BCUT2D eigenvalue weighted by molar-refractivity contribution is 5.72. The fourth-order valence-corrected chi connectivity index (χ4v) is 1.64. The van der Waals surface area contributed by atoms with Gasteiger partial charge in [-0.05, 0) is 26.4 Å². The van der Waals surface area contributed by atoms with Crippen LogP contribution in [0.3, 0.4) is 0 Å². The smallest absolute Gasteiger partial charge is 0.309 e. The lowest BCUT2D eigenvalue weighted by molar-refractivity contribution is -0.146. The lowest BCUT2D eigenvalue weighted by Crippen LogP contribution is -2.31. The Morgan fingerprint density at radius 3 is 2.47 bits per heavy atom. The Labute approximate surface area is 93.8 Å². The summed E-state index contributed by atoms with van der Waals surface area (Å²) in [5.41, 5.74) is 0. The van der Waals surface area contributed by atoms with Gasteiger partial charge in [-0.3, -0.25) is 4.79 Å². The molecule has 1 atom stereocenters. The van der Waals surface area contributed by atoms with Crippen LogP contribution in [-0.4, -0.2) is 38.1 Å². The van der Waals surface area contributed by atoms with Crippen molar-refractivity contribution in [2.45, 2.75) is 39.5 Å². The van der Waals surface area contributed by atoms with Gasteiger partial charge in [0.25, 0.3) is 0 Å². The number of esters is 1. The van der Waals surface area contributed by atoms with Gasteiger partial charge in [-0.15, -0.1) is 0 Å². The highest BCUT2D eigenvalue weighted by atomic mass is 16.5. The molecule has 0 unspecified atom stereocenters. The van der Waals surface area contributed by atoms with Crippen LogP contribution in [0.1, 0.15) is 39.5 Å². The molecule has 0 bridgehead atoms. The molecule has 0 N–H and O–H groups in total. The van der Waals surface area contributed by atoms with Gasteiger partial charge in [-0.1, -0.05) is 26.7 Å². The fourth-order valence-electron chi connectivity index (χ4n) is 1.64. The van der Waals surface area contributed by atoms with Crippen LogP contribution < -0.4 is 0 Å². The monoisotopic (exact) mass is 215 g/mol. The maximum absolute atomic E-state index is 11.4. The van der Waals surface area contributed by atoms with Crippen LogP contribution in [-0.2, 0) is 9.53 Å². The van der Waals surface area contributed by atoms with Crippen molar-refractivity contribution in [1.82, 2.24) is 4.90 Å². The molecule has 0 rings (SSSR count). The zero-order valence-corrected chi connectivity index (χ0v) is 10.6. The van der Waals surface area contributed by atoms with Crippen molar-refractivity contribution < 1.29 is 9.53 Å². The number of unbranched alkanes of at least 4 members (excludes halogenated alkanes) is 2. The lowest BCUT2D eigenvalue weighted by atomic mass is 10.1. The number of carbonyl (C=O) groups excluding carboxylic acids is 1. The van der Waals surface area contributed by atoms with Crippen molar-refractivity contribution in [2.24, 2.45) is 5.92 Å². The summed E-state index contributed by atoms with van der Waals surface area (Å²) < 4.78 is 4.76. The number of hydrogen-bond acceptors (Lipinski definition) is 3. The third kappa shape index (κ3) is 6.50. The number of methoxy groups -OCH3 is 1. The van der Waals surface area contributed by atoms with Crippen LogP contribution >= 0.6 is 0 Å². The first-order chi connectivity index (χ1) is 7.15. The Kier molecular flexibility index (Phi) is 8.38. The van der Waals surface area contributed by atoms with Crippen molar-refractivity contribution in [3.8, 4) is 0 Å².